The van der Waals surface area contributed by atoms with E-state index in [0.29, 0.717) is 36.5 Å². The van der Waals surface area contributed by atoms with Gasteiger partial charge in [-0.1, -0.05) is 24.9 Å². The second kappa shape index (κ2) is 8.91. The summed E-state index contributed by atoms with van der Waals surface area (Å²) in [6.07, 6.45) is 3.53. The highest BCUT2D eigenvalue weighted by atomic mass is 35.5. The van der Waals surface area contributed by atoms with E-state index in [9.17, 15) is 9.59 Å². The Morgan fingerprint density at radius 1 is 1.25 bits per heavy atom. The maximum atomic E-state index is 13.1. The molecule has 0 bridgehead atoms. The summed E-state index contributed by atoms with van der Waals surface area (Å²) in [4.78, 5) is 33.9. The molecule has 150 valence electrons. The Labute approximate surface area is 171 Å². The molecule has 0 spiro atoms. The summed E-state index contributed by atoms with van der Waals surface area (Å²) in [5.74, 6) is 0.205. The van der Waals surface area contributed by atoms with E-state index in [-0.39, 0.29) is 17.7 Å². The van der Waals surface area contributed by atoms with Crippen molar-refractivity contribution >= 4 is 34.3 Å². The van der Waals surface area contributed by atoms with Crippen molar-refractivity contribution in [1.82, 2.24) is 14.8 Å². The standard InChI is InChI=1S/C22H28ClN3O2/c1-4-5-10-25(3)21(27)16-8-11-26(12-9-16)22(28)19-14-17-13-18(23)6-7-20(17)24-15(19)2/h6-7,13-14,16H,4-5,8-12H2,1-3H3. The maximum Gasteiger partial charge on any atom is 0.255 e. The zero-order chi connectivity index (χ0) is 20.3. The minimum atomic E-state index is -0.0166. The Morgan fingerprint density at radius 3 is 2.64 bits per heavy atom. The molecular formula is C22H28ClN3O2. The van der Waals surface area contributed by atoms with E-state index < -0.39 is 0 Å². The summed E-state index contributed by atoms with van der Waals surface area (Å²) in [6.45, 7) is 5.99. The molecule has 0 radical (unpaired) electrons. The van der Waals surface area contributed by atoms with Crippen molar-refractivity contribution in [2.75, 3.05) is 26.7 Å². The molecule has 1 aromatic carbocycles. The monoisotopic (exact) mass is 401 g/mol. The first kappa shape index (κ1) is 20.6. The van der Waals surface area contributed by atoms with Crippen molar-refractivity contribution in [3.05, 3.63) is 40.5 Å². The number of carbonyl (C=O) groups is 2. The van der Waals surface area contributed by atoms with Crippen molar-refractivity contribution in [2.24, 2.45) is 5.92 Å². The first-order chi connectivity index (χ1) is 13.4. The van der Waals surface area contributed by atoms with Crippen LogP contribution in [0.4, 0.5) is 0 Å². The van der Waals surface area contributed by atoms with Crippen LogP contribution < -0.4 is 0 Å². The minimum absolute atomic E-state index is 0.0144. The molecule has 0 saturated carbocycles. The zero-order valence-electron chi connectivity index (χ0n) is 16.9. The summed E-state index contributed by atoms with van der Waals surface area (Å²) in [6, 6.07) is 7.38. The van der Waals surface area contributed by atoms with Crippen molar-refractivity contribution < 1.29 is 9.59 Å². The molecule has 2 aromatic rings. The third kappa shape index (κ3) is 4.46. The van der Waals surface area contributed by atoms with Crippen LogP contribution in [0.25, 0.3) is 10.9 Å². The van der Waals surface area contributed by atoms with Crippen LogP contribution in [0.3, 0.4) is 0 Å². The van der Waals surface area contributed by atoms with E-state index in [4.69, 9.17) is 11.6 Å². The fraction of sp³-hybridized carbons (Fsp3) is 0.500. The van der Waals surface area contributed by atoms with E-state index >= 15 is 0 Å². The lowest BCUT2D eigenvalue weighted by molar-refractivity contribution is -0.135. The summed E-state index contributed by atoms with van der Waals surface area (Å²) < 4.78 is 0. The number of rotatable bonds is 5. The summed E-state index contributed by atoms with van der Waals surface area (Å²) in [7, 11) is 1.88. The number of pyridine rings is 1. The molecule has 3 rings (SSSR count). The van der Waals surface area contributed by atoms with E-state index in [1.165, 1.54) is 0 Å². The molecule has 0 aliphatic carbocycles. The third-order valence-electron chi connectivity index (χ3n) is 5.55. The molecule has 5 nitrogen and oxygen atoms in total. The summed E-state index contributed by atoms with van der Waals surface area (Å²) in [5, 5.41) is 1.49. The first-order valence-corrected chi connectivity index (χ1v) is 10.4. The van der Waals surface area contributed by atoms with Gasteiger partial charge >= 0.3 is 0 Å². The fourth-order valence-electron chi connectivity index (χ4n) is 3.78. The number of benzene rings is 1. The number of hydrogen-bond acceptors (Lipinski definition) is 3. The Bertz CT molecular complexity index is 875. The predicted octanol–water partition coefficient (Wildman–Crippen LogP) is 4.31. The quantitative estimate of drug-likeness (QED) is 0.750. The smallest absolute Gasteiger partial charge is 0.255 e. The Hall–Kier alpha value is -2.14. The van der Waals surface area contributed by atoms with Crippen LogP contribution in [0.2, 0.25) is 5.02 Å². The van der Waals surface area contributed by atoms with Crippen molar-refractivity contribution in [3.63, 3.8) is 0 Å². The van der Waals surface area contributed by atoms with Crippen LogP contribution in [0.1, 0.15) is 48.7 Å². The lowest BCUT2D eigenvalue weighted by Gasteiger charge is -2.33. The second-order valence-corrected chi connectivity index (χ2v) is 8.07. The zero-order valence-corrected chi connectivity index (χ0v) is 17.6. The number of carbonyl (C=O) groups excluding carboxylic acids is 2. The molecule has 0 N–H and O–H groups in total. The fourth-order valence-corrected chi connectivity index (χ4v) is 3.96. The molecule has 0 unspecified atom stereocenters. The van der Waals surface area contributed by atoms with Gasteiger partial charge in [0, 0.05) is 43.0 Å². The van der Waals surface area contributed by atoms with Crippen molar-refractivity contribution in [2.45, 2.75) is 39.5 Å². The molecule has 1 aromatic heterocycles. The van der Waals surface area contributed by atoms with Gasteiger partial charge in [0.05, 0.1) is 16.8 Å². The molecule has 2 heterocycles. The largest absolute Gasteiger partial charge is 0.346 e. The van der Waals surface area contributed by atoms with Gasteiger partial charge < -0.3 is 9.80 Å². The number of amides is 2. The summed E-state index contributed by atoms with van der Waals surface area (Å²) >= 11 is 6.08. The number of aryl methyl sites for hydroxylation is 1. The SMILES string of the molecule is CCCCN(C)C(=O)C1CCN(C(=O)c2cc3cc(Cl)ccc3nc2C)CC1. The maximum absolute atomic E-state index is 13.1. The van der Waals surface area contributed by atoms with Crippen LogP contribution in [0, 0.1) is 12.8 Å². The van der Waals surface area contributed by atoms with E-state index in [1.54, 1.807) is 6.07 Å². The van der Waals surface area contributed by atoms with E-state index in [1.807, 2.05) is 42.0 Å². The topological polar surface area (TPSA) is 53.5 Å². The molecule has 1 fully saturated rings. The number of halogens is 1. The van der Waals surface area contributed by atoms with Gasteiger partial charge in [-0.25, -0.2) is 0 Å². The number of likely N-dealkylation sites (tertiary alicyclic amines) is 1. The Morgan fingerprint density at radius 2 is 1.96 bits per heavy atom. The molecule has 2 amide bonds. The number of piperidine rings is 1. The average Bonchev–Trinajstić information content (AvgIpc) is 2.70. The summed E-state index contributed by atoms with van der Waals surface area (Å²) in [5.41, 5.74) is 2.16. The molecule has 6 heteroatoms. The number of unbranched alkanes of at least 4 members (excludes halogenated alkanes) is 1. The van der Waals surface area contributed by atoms with Gasteiger partial charge in [-0.3, -0.25) is 14.6 Å². The second-order valence-electron chi connectivity index (χ2n) is 7.64. The Kier molecular flexibility index (Phi) is 6.55. The number of aromatic nitrogens is 1. The minimum Gasteiger partial charge on any atom is -0.346 e. The number of hydrogen-bond donors (Lipinski definition) is 0. The van der Waals surface area contributed by atoms with Crippen molar-refractivity contribution in [1.29, 1.82) is 0 Å². The van der Waals surface area contributed by atoms with Gasteiger partial charge in [-0.2, -0.15) is 0 Å². The van der Waals surface area contributed by atoms with Gasteiger partial charge in [-0.15, -0.1) is 0 Å². The molecule has 1 aliphatic heterocycles. The molecule has 1 aliphatic rings. The van der Waals surface area contributed by atoms with Gasteiger partial charge in [0.15, 0.2) is 0 Å². The lowest BCUT2D eigenvalue weighted by atomic mass is 9.94. The predicted molar refractivity (Wildman–Crippen MR) is 113 cm³/mol. The number of nitrogens with zero attached hydrogens (tertiary/aromatic N) is 3. The van der Waals surface area contributed by atoms with Crippen LogP contribution in [-0.4, -0.2) is 53.3 Å². The highest BCUT2D eigenvalue weighted by molar-refractivity contribution is 6.31. The molecular weight excluding hydrogens is 374 g/mol. The number of fused-ring (bicyclic) bond motifs is 1. The van der Waals surface area contributed by atoms with E-state index in [2.05, 4.69) is 11.9 Å². The van der Waals surface area contributed by atoms with Crippen LogP contribution in [0.5, 0.6) is 0 Å². The molecule has 1 saturated heterocycles. The molecule has 0 atom stereocenters. The highest BCUT2D eigenvalue weighted by Crippen LogP contribution is 2.24. The highest BCUT2D eigenvalue weighted by Gasteiger charge is 2.30. The lowest BCUT2D eigenvalue weighted by Crippen LogP contribution is -2.43. The van der Waals surface area contributed by atoms with Gasteiger partial charge in [0.25, 0.3) is 5.91 Å². The average molecular weight is 402 g/mol. The normalized spacial score (nSPS) is 15.1. The first-order valence-electron chi connectivity index (χ1n) is 10.0. The van der Waals surface area contributed by atoms with Gasteiger partial charge in [0.2, 0.25) is 5.91 Å². The molecule has 28 heavy (non-hydrogen) atoms. The van der Waals surface area contributed by atoms with E-state index in [0.717, 1.165) is 36.0 Å². The van der Waals surface area contributed by atoms with Crippen LogP contribution in [-0.2, 0) is 4.79 Å². The van der Waals surface area contributed by atoms with Crippen LogP contribution in [0.15, 0.2) is 24.3 Å². The van der Waals surface area contributed by atoms with Gasteiger partial charge in [-0.05, 0) is 50.5 Å². The van der Waals surface area contributed by atoms with Crippen LogP contribution >= 0.6 is 11.6 Å². The third-order valence-corrected chi connectivity index (χ3v) is 5.79. The van der Waals surface area contributed by atoms with Crippen molar-refractivity contribution in [3.8, 4) is 0 Å². The van der Waals surface area contributed by atoms with Gasteiger partial charge in [0.1, 0.15) is 0 Å². The Balaban J connectivity index is 1.67.